The maximum Gasteiger partial charge on any atom is 0.230 e. The third-order valence-electron chi connectivity index (χ3n) is 3.91. The molecule has 20 heavy (non-hydrogen) atoms. The Balaban J connectivity index is 2.22. The molecule has 0 spiro atoms. The van der Waals surface area contributed by atoms with Crippen LogP contribution in [-0.4, -0.2) is 36.2 Å². The Morgan fingerprint density at radius 3 is 2.80 bits per heavy atom. The van der Waals surface area contributed by atoms with Crippen LogP contribution in [-0.2, 0) is 17.8 Å². The highest BCUT2D eigenvalue weighted by molar-refractivity contribution is 5.82. The number of benzene rings is 1. The van der Waals surface area contributed by atoms with Crippen molar-refractivity contribution in [3.63, 3.8) is 0 Å². The van der Waals surface area contributed by atoms with Gasteiger partial charge >= 0.3 is 0 Å². The fourth-order valence-electron chi connectivity index (χ4n) is 2.53. The maximum absolute atomic E-state index is 12.5. The molecule has 1 heterocycles. The summed E-state index contributed by atoms with van der Waals surface area (Å²) in [5, 5.41) is 9.36. The first-order chi connectivity index (χ1) is 9.47. The molecule has 1 aromatic carbocycles. The molecular formula is C16H23NO3. The van der Waals surface area contributed by atoms with Crippen molar-refractivity contribution in [2.45, 2.75) is 33.2 Å². The summed E-state index contributed by atoms with van der Waals surface area (Å²) in [6.07, 6.45) is 1.89. The average molecular weight is 277 g/mol. The molecule has 0 fully saturated rings. The van der Waals surface area contributed by atoms with E-state index in [4.69, 9.17) is 4.74 Å². The number of rotatable bonds is 3. The van der Waals surface area contributed by atoms with Gasteiger partial charge < -0.3 is 14.7 Å². The summed E-state index contributed by atoms with van der Waals surface area (Å²) in [7, 11) is 1.66. The summed E-state index contributed by atoms with van der Waals surface area (Å²) in [6.45, 7) is 4.79. The first kappa shape index (κ1) is 14.9. The van der Waals surface area contributed by atoms with Gasteiger partial charge in [0.25, 0.3) is 0 Å². The van der Waals surface area contributed by atoms with Crippen LogP contribution in [0.25, 0.3) is 0 Å². The van der Waals surface area contributed by atoms with Gasteiger partial charge in [-0.2, -0.15) is 0 Å². The molecule has 0 saturated heterocycles. The predicted octanol–water partition coefficient (Wildman–Crippen LogP) is 1.99. The molecule has 0 radical (unpaired) electrons. The van der Waals surface area contributed by atoms with Crippen LogP contribution in [0.1, 0.15) is 31.4 Å². The number of aryl methyl sites for hydroxylation is 1. The van der Waals surface area contributed by atoms with Crippen molar-refractivity contribution in [1.82, 2.24) is 4.90 Å². The van der Waals surface area contributed by atoms with E-state index in [-0.39, 0.29) is 12.5 Å². The van der Waals surface area contributed by atoms with Crippen molar-refractivity contribution >= 4 is 5.91 Å². The highest BCUT2D eigenvalue weighted by atomic mass is 16.5. The van der Waals surface area contributed by atoms with E-state index in [1.54, 1.807) is 21.0 Å². The molecular weight excluding hydrogens is 254 g/mol. The molecule has 4 heteroatoms. The largest absolute Gasteiger partial charge is 0.497 e. The minimum Gasteiger partial charge on any atom is -0.497 e. The third-order valence-corrected chi connectivity index (χ3v) is 3.91. The van der Waals surface area contributed by atoms with Crippen molar-refractivity contribution in [3.05, 3.63) is 29.3 Å². The van der Waals surface area contributed by atoms with Crippen LogP contribution in [0.5, 0.6) is 5.75 Å². The fourth-order valence-corrected chi connectivity index (χ4v) is 2.53. The second-order valence-electron chi connectivity index (χ2n) is 6.01. The van der Waals surface area contributed by atoms with Gasteiger partial charge in [-0.3, -0.25) is 4.79 Å². The number of hydrogen-bond acceptors (Lipinski definition) is 3. The zero-order valence-electron chi connectivity index (χ0n) is 12.5. The number of amides is 1. The Hall–Kier alpha value is -1.55. The maximum atomic E-state index is 12.5. The van der Waals surface area contributed by atoms with E-state index in [9.17, 15) is 9.90 Å². The van der Waals surface area contributed by atoms with Crippen molar-refractivity contribution in [2.75, 3.05) is 20.3 Å². The molecule has 1 N–H and O–H groups in total. The highest BCUT2D eigenvalue weighted by Crippen LogP contribution is 2.26. The van der Waals surface area contributed by atoms with Crippen LogP contribution in [0.4, 0.5) is 0 Å². The second kappa shape index (κ2) is 5.83. The number of carbonyl (C=O) groups is 1. The van der Waals surface area contributed by atoms with Gasteiger partial charge in [-0.1, -0.05) is 6.07 Å². The van der Waals surface area contributed by atoms with Gasteiger partial charge in [0.1, 0.15) is 5.75 Å². The molecule has 1 aliphatic heterocycles. The van der Waals surface area contributed by atoms with Crippen molar-refractivity contribution in [3.8, 4) is 5.75 Å². The number of nitrogens with zero attached hydrogens (tertiary/aromatic N) is 1. The molecule has 0 aromatic heterocycles. The molecule has 2 rings (SSSR count). The van der Waals surface area contributed by atoms with E-state index in [1.807, 2.05) is 17.0 Å². The Morgan fingerprint density at radius 2 is 2.15 bits per heavy atom. The average Bonchev–Trinajstić information content (AvgIpc) is 2.67. The lowest BCUT2D eigenvalue weighted by Gasteiger charge is -2.30. The van der Waals surface area contributed by atoms with Crippen LogP contribution in [0, 0.1) is 5.41 Å². The van der Waals surface area contributed by atoms with E-state index >= 15 is 0 Å². The summed E-state index contributed by atoms with van der Waals surface area (Å²) in [4.78, 5) is 14.3. The summed E-state index contributed by atoms with van der Waals surface area (Å²) < 4.78 is 5.25. The van der Waals surface area contributed by atoms with Gasteiger partial charge in [-0.05, 0) is 49.9 Å². The number of carbonyl (C=O) groups excluding carboxylic acids is 1. The summed E-state index contributed by atoms with van der Waals surface area (Å²) >= 11 is 0. The quantitative estimate of drug-likeness (QED) is 0.919. The first-order valence-electron chi connectivity index (χ1n) is 7.04. The van der Waals surface area contributed by atoms with Gasteiger partial charge in [0, 0.05) is 13.1 Å². The summed E-state index contributed by atoms with van der Waals surface area (Å²) in [5.74, 6) is 0.878. The van der Waals surface area contributed by atoms with Crippen LogP contribution in [0.3, 0.4) is 0 Å². The van der Waals surface area contributed by atoms with Gasteiger partial charge in [0.05, 0.1) is 19.1 Å². The monoisotopic (exact) mass is 277 g/mol. The first-order valence-corrected chi connectivity index (χ1v) is 7.04. The van der Waals surface area contributed by atoms with E-state index in [1.165, 1.54) is 11.1 Å². The molecule has 110 valence electrons. The van der Waals surface area contributed by atoms with E-state index in [0.717, 1.165) is 25.1 Å². The number of aliphatic hydroxyl groups is 1. The molecule has 0 aliphatic carbocycles. The zero-order chi connectivity index (χ0) is 14.8. The number of fused-ring (bicyclic) bond motifs is 1. The normalized spacial score (nSPS) is 15.5. The molecule has 0 unspecified atom stereocenters. The Labute approximate surface area is 120 Å². The molecule has 0 saturated carbocycles. The zero-order valence-corrected chi connectivity index (χ0v) is 12.5. The van der Waals surface area contributed by atoms with Gasteiger partial charge in [0.15, 0.2) is 0 Å². The van der Waals surface area contributed by atoms with Crippen LogP contribution >= 0.6 is 0 Å². The van der Waals surface area contributed by atoms with E-state index < -0.39 is 5.41 Å². The number of aliphatic hydroxyl groups excluding tert-OH is 1. The molecule has 1 aromatic rings. The summed E-state index contributed by atoms with van der Waals surface area (Å²) in [5.41, 5.74) is 1.71. The van der Waals surface area contributed by atoms with Gasteiger partial charge in [-0.15, -0.1) is 0 Å². The SMILES string of the molecule is COc1ccc2c(c1)CCCN(C(=O)C(C)(C)CO)C2. The van der Waals surface area contributed by atoms with Crippen molar-refractivity contribution in [2.24, 2.45) is 5.41 Å². The fraction of sp³-hybridized carbons (Fsp3) is 0.562. The smallest absolute Gasteiger partial charge is 0.230 e. The molecule has 4 nitrogen and oxygen atoms in total. The summed E-state index contributed by atoms with van der Waals surface area (Å²) in [6, 6.07) is 6.02. The molecule has 0 atom stereocenters. The van der Waals surface area contributed by atoms with Crippen LogP contribution in [0.2, 0.25) is 0 Å². The number of methoxy groups -OCH3 is 1. The number of ether oxygens (including phenoxy) is 1. The lowest BCUT2D eigenvalue weighted by atomic mass is 9.92. The van der Waals surface area contributed by atoms with Gasteiger partial charge in [-0.25, -0.2) is 0 Å². The Bertz CT molecular complexity index is 496. The Morgan fingerprint density at radius 1 is 1.40 bits per heavy atom. The predicted molar refractivity (Wildman–Crippen MR) is 77.6 cm³/mol. The highest BCUT2D eigenvalue weighted by Gasteiger charge is 2.32. The van der Waals surface area contributed by atoms with Crippen molar-refractivity contribution < 1.29 is 14.6 Å². The van der Waals surface area contributed by atoms with Crippen LogP contribution < -0.4 is 4.74 Å². The lowest BCUT2D eigenvalue weighted by molar-refractivity contribution is -0.143. The molecule has 1 amide bonds. The van der Waals surface area contributed by atoms with Gasteiger partial charge in [0.2, 0.25) is 5.91 Å². The second-order valence-corrected chi connectivity index (χ2v) is 6.01. The third kappa shape index (κ3) is 2.96. The van der Waals surface area contributed by atoms with E-state index in [2.05, 4.69) is 6.07 Å². The van der Waals surface area contributed by atoms with E-state index in [0.29, 0.717) is 6.54 Å². The molecule has 1 aliphatic rings. The minimum atomic E-state index is -0.711. The lowest BCUT2D eigenvalue weighted by Crippen LogP contribution is -2.42. The topological polar surface area (TPSA) is 49.8 Å². The standard InChI is InChI=1S/C16H23NO3/c1-16(2,11-18)15(19)17-8-4-5-12-9-14(20-3)7-6-13(12)10-17/h6-7,9,18H,4-5,8,10-11H2,1-3H3. The Kier molecular flexibility index (Phi) is 4.33. The van der Waals surface area contributed by atoms with Crippen LogP contribution in [0.15, 0.2) is 18.2 Å². The molecule has 0 bridgehead atoms. The minimum absolute atomic E-state index is 0.0173. The number of hydrogen-bond donors (Lipinski definition) is 1. The van der Waals surface area contributed by atoms with Crippen molar-refractivity contribution in [1.29, 1.82) is 0 Å².